The van der Waals surface area contributed by atoms with Gasteiger partial charge in [-0.05, 0) is 24.1 Å². The zero-order valence-corrected chi connectivity index (χ0v) is 13.7. The lowest BCUT2D eigenvalue weighted by Crippen LogP contribution is -2.41. The van der Waals surface area contributed by atoms with Crippen molar-refractivity contribution in [3.8, 4) is 0 Å². The summed E-state index contributed by atoms with van der Waals surface area (Å²) < 4.78 is 26.6. The van der Waals surface area contributed by atoms with Crippen molar-refractivity contribution in [1.82, 2.24) is 10.6 Å². The van der Waals surface area contributed by atoms with Gasteiger partial charge in [-0.2, -0.15) is 0 Å². The monoisotopic (exact) mass is 333 g/mol. The normalized spacial score (nSPS) is 15.1. The second-order valence-corrected chi connectivity index (χ2v) is 7.18. The summed E-state index contributed by atoms with van der Waals surface area (Å²) in [5.74, 6) is -0.309. The first-order valence-corrected chi connectivity index (χ1v) is 9.01. The highest BCUT2D eigenvalue weighted by Gasteiger charge is 2.36. The number of hydrogen-bond donors (Lipinski definition) is 2. The van der Waals surface area contributed by atoms with Crippen LogP contribution in [0.25, 0.3) is 10.8 Å². The fourth-order valence-electron chi connectivity index (χ4n) is 2.78. The average molecular weight is 333 g/mol. The van der Waals surface area contributed by atoms with Crippen LogP contribution in [-0.2, 0) is 14.8 Å². The summed E-state index contributed by atoms with van der Waals surface area (Å²) in [7, 11) is -3.67. The molecule has 1 heterocycles. The van der Waals surface area contributed by atoms with Crippen LogP contribution in [0.4, 0.5) is 5.69 Å². The maximum absolute atomic E-state index is 12.7. The second-order valence-electron chi connectivity index (χ2n) is 5.35. The molecule has 0 aromatic heterocycles. The standard InChI is InChI=1S/C16H19N3O3S/c1-2-17-9-10-18-15(20)11-19-13-7-3-5-12-6-4-8-14(16(12)13)23(19,21)22/h3-8,17H,2,9-11H2,1H3,(H,18,20). The first-order chi connectivity index (χ1) is 11.1. The summed E-state index contributed by atoms with van der Waals surface area (Å²) in [4.78, 5) is 12.3. The Kier molecular flexibility index (Phi) is 4.23. The molecule has 1 aliphatic rings. The van der Waals surface area contributed by atoms with E-state index in [0.29, 0.717) is 24.2 Å². The lowest BCUT2D eigenvalue weighted by atomic mass is 10.1. The predicted octanol–water partition coefficient (Wildman–Crippen LogP) is 1.07. The highest BCUT2D eigenvalue weighted by atomic mass is 32.2. The quantitative estimate of drug-likeness (QED) is 0.775. The third-order valence-electron chi connectivity index (χ3n) is 3.84. The number of benzene rings is 2. The molecule has 1 aliphatic heterocycles. The van der Waals surface area contributed by atoms with Gasteiger partial charge in [-0.3, -0.25) is 9.10 Å². The van der Waals surface area contributed by atoms with Crippen LogP contribution in [0.5, 0.6) is 0 Å². The number of carbonyl (C=O) groups excluding carboxylic acids is 1. The molecule has 0 spiro atoms. The van der Waals surface area contributed by atoms with Crippen LogP contribution >= 0.6 is 0 Å². The minimum absolute atomic E-state index is 0.206. The Morgan fingerprint density at radius 1 is 1.13 bits per heavy atom. The van der Waals surface area contributed by atoms with E-state index in [0.717, 1.165) is 11.9 Å². The van der Waals surface area contributed by atoms with Crippen molar-refractivity contribution in [2.24, 2.45) is 0 Å². The number of nitrogens with one attached hydrogen (secondary N) is 2. The summed E-state index contributed by atoms with van der Waals surface area (Å²) in [6, 6.07) is 10.6. The molecule has 0 unspecified atom stereocenters. The van der Waals surface area contributed by atoms with Crippen LogP contribution in [-0.4, -0.2) is 40.5 Å². The Balaban J connectivity index is 1.85. The molecule has 0 radical (unpaired) electrons. The molecule has 0 bridgehead atoms. The number of rotatable bonds is 6. The van der Waals surface area contributed by atoms with E-state index in [1.807, 2.05) is 19.1 Å². The first-order valence-electron chi connectivity index (χ1n) is 7.57. The summed E-state index contributed by atoms with van der Waals surface area (Å²) >= 11 is 0. The second kappa shape index (κ2) is 6.17. The highest BCUT2D eigenvalue weighted by Crippen LogP contribution is 2.41. The van der Waals surface area contributed by atoms with Gasteiger partial charge in [-0.15, -0.1) is 0 Å². The lowest BCUT2D eigenvalue weighted by Gasteiger charge is -2.18. The Morgan fingerprint density at radius 3 is 2.61 bits per heavy atom. The van der Waals surface area contributed by atoms with Crippen molar-refractivity contribution in [1.29, 1.82) is 0 Å². The summed E-state index contributed by atoms with van der Waals surface area (Å²) in [5, 5.41) is 7.38. The van der Waals surface area contributed by atoms with Crippen molar-refractivity contribution in [2.75, 3.05) is 30.5 Å². The average Bonchev–Trinajstić information content (AvgIpc) is 2.75. The van der Waals surface area contributed by atoms with Gasteiger partial charge in [0.15, 0.2) is 0 Å². The molecule has 7 heteroatoms. The molecule has 6 nitrogen and oxygen atoms in total. The van der Waals surface area contributed by atoms with Gasteiger partial charge in [-0.1, -0.05) is 31.2 Å². The van der Waals surface area contributed by atoms with Gasteiger partial charge < -0.3 is 10.6 Å². The fraction of sp³-hybridized carbons (Fsp3) is 0.312. The van der Waals surface area contributed by atoms with Crippen LogP contribution in [0.2, 0.25) is 0 Å². The van der Waals surface area contributed by atoms with Gasteiger partial charge >= 0.3 is 0 Å². The molecular formula is C16H19N3O3S. The fourth-order valence-corrected chi connectivity index (χ4v) is 4.45. The van der Waals surface area contributed by atoms with Crippen molar-refractivity contribution in [2.45, 2.75) is 11.8 Å². The maximum Gasteiger partial charge on any atom is 0.265 e. The maximum atomic E-state index is 12.7. The van der Waals surface area contributed by atoms with E-state index in [4.69, 9.17) is 0 Å². The van der Waals surface area contributed by atoms with Gasteiger partial charge in [0.1, 0.15) is 6.54 Å². The van der Waals surface area contributed by atoms with E-state index in [1.165, 1.54) is 4.31 Å². The number of hydrogen-bond acceptors (Lipinski definition) is 4. The summed E-state index contributed by atoms with van der Waals surface area (Å²) in [6.07, 6.45) is 0. The Hall–Kier alpha value is -2.12. The van der Waals surface area contributed by atoms with E-state index < -0.39 is 10.0 Å². The third-order valence-corrected chi connectivity index (χ3v) is 5.64. The largest absolute Gasteiger partial charge is 0.353 e. The summed E-state index contributed by atoms with van der Waals surface area (Å²) in [6.45, 7) is 3.73. The number of amides is 1. The van der Waals surface area contributed by atoms with Crippen LogP contribution in [0, 0.1) is 0 Å². The molecule has 23 heavy (non-hydrogen) atoms. The molecule has 0 fully saturated rings. The molecule has 3 rings (SSSR count). The minimum atomic E-state index is -3.67. The molecule has 2 aromatic rings. The molecule has 0 saturated carbocycles. The van der Waals surface area contributed by atoms with Crippen molar-refractivity contribution >= 4 is 32.4 Å². The van der Waals surface area contributed by atoms with Crippen LogP contribution in [0.3, 0.4) is 0 Å². The lowest BCUT2D eigenvalue weighted by molar-refractivity contribution is -0.119. The number of anilines is 1. The van der Waals surface area contributed by atoms with Gasteiger partial charge in [0.05, 0.1) is 10.6 Å². The first kappa shape index (κ1) is 15.8. The molecule has 2 aromatic carbocycles. The number of nitrogens with zero attached hydrogens (tertiary/aromatic N) is 1. The van der Waals surface area contributed by atoms with Crippen LogP contribution in [0.15, 0.2) is 41.3 Å². The van der Waals surface area contributed by atoms with E-state index in [1.54, 1.807) is 24.3 Å². The zero-order valence-electron chi connectivity index (χ0n) is 12.9. The van der Waals surface area contributed by atoms with Crippen LogP contribution in [0.1, 0.15) is 6.92 Å². The highest BCUT2D eigenvalue weighted by molar-refractivity contribution is 7.93. The van der Waals surface area contributed by atoms with E-state index in [9.17, 15) is 13.2 Å². The topological polar surface area (TPSA) is 78.5 Å². The van der Waals surface area contributed by atoms with Crippen molar-refractivity contribution in [3.63, 3.8) is 0 Å². The zero-order chi connectivity index (χ0) is 16.4. The van der Waals surface area contributed by atoms with E-state index in [-0.39, 0.29) is 17.3 Å². The predicted molar refractivity (Wildman–Crippen MR) is 90.0 cm³/mol. The molecule has 1 amide bonds. The van der Waals surface area contributed by atoms with Crippen LogP contribution < -0.4 is 14.9 Å². The third kappa shape index (κ3) is 2.77. The van der Waals surface area contributed by atoms with Gasteiger partial charge in [-0.25, -0.2) is 8.42 Å². The van der Waals surface area contributed by atoms with Crippen molar-refractivity contribution in [3.05, 3.63) is 36.4 Å². The summed E-state index contributed by atoms with van der Waals surface area (Å²) in [5.41, 5.74) is 0.569. The SMILES string of the molecule is CCNCCNC(=O)CN1c2cccc3cccc(c23)S1(=O)=O. The molecule has 0 atom stereocenters. The Morgan fingerprint density at radius 2 is 1.87 bits per heavy atom. The molecule has 0 aliphatic carbocycles. The number of carbonyl (C=O) groups is 1. The molecular weight excluding hydrogens is 314 g/mol. The molecule has 0 saturated heterocycles. The number of sulfonamides is 1. The Labute approximate surface area is 135 Å². The van der Waals surface area contributed by atoms with Gasteiger partial charge in [0.2, 0.25) is 5.91 Å². The minimum Gasteiger partial charge on any atom is -0.353 e. The molecule has 2 N–H and O–H groups in total. The molecule has 122 valence electrons. The Bertz CT molecular complexity index is 844. The van der Waals surface area contributed by atoms with Gasteiger partial charge in [0, 0.05) is 18.5 Å². The number of likely N-dealkylation sites (N-methyl/N-ethyl adjacent to an activating group) is 1. The van der Waals surface area contributed by atoms with Gasteiger partial charge in [0.25, 0.3) is 10.0 Å². The van der Waals surface area contributed by atoms with E-state index >= 15 is 0 Å². The van der Waals surface area contributed by atoms with E-state index in [2.05, 4.69) is 10.6 Å². The smallest absolute Gasteiger partial charge is 0.265 e. The van der Waals surface area contributed by atoms with Crippen molar-refractivity contribution < 1.29 is 13.2 Å².